The maximum absolute atomic E-state index is 13.7. The fraction of sp³-hybridized carbons (Fsp3) is 0.600. The van der Waals surface area contributed by atoms with E-state index in [1.54, 1.807) is 0 Å². The molecule has 0 saturated carbocycles. The van der Waals surface area contributed by atoms with Crippen LogP contribution in [0.3, 0.4) is 0 Å². The molecule has 0 spiro atoms. The highest BCUT2D eigenvalue weighted by atomic mass is 32.1. The first-order valence-electron chi connectivity index (χ1n) is 9.80. The van der Waals surface area contributed by atoms with E-state index in [9.17, 15) is 13.6 Å². The summed E-state index contributed by atoms with van der Waals surface area (Å²) in [7, 11) is 0. The van der Waals surface area contributed by atoms with Crippen molar-refractivity contribution in [2.24, 2.45) is 5.92 Å². The lowest BCUT2D eigenvalue weighted by molar-refractivity contribution is 0.0507. The molecule has 0 bridgehead atoms. The van der Waals surface area contributed by atoms with Crippen molar-refractivity contribution in [3.8, 4) is 0 Å². The van der Waals surface area contributed by atoms with E-state index in [0.717, 1.165) is 40.4 Å². The average Bonchev–Trinajstić information content (AvgIpc) is 3.21. The maximum Gasteiger partial charge on any atom is 0.263 e. The van der Waals surface area contributed by atoms with Crippen molar-refractivity contribution in [1.29, 1.82) is 0 Å². The van der Waals surface area contributed by atoms with Crippen molar-refractivity contribution in [2.75, 3.05) is 18.4 Å². The molecule has 3 atom stereocenters. The summed E-state index contributed by atoms with van der Waals surface area (Å²) >= 11 is 1.53. The second kappa shape index (κ2) is 7.46. The van der Waals surface area contributed by atoms with E-state index in [4.69, 9.17) is 0 Å². The molecule has 1 unspecified atom stereocenters. The second-order valence-electron chi connectivity index (χ2n) is 8.01. The molecule has 28 heavy (non-hydrogen) atoms. The van der Waals surface area contributed by atoms with Gasteiger partial charge in [-0.15, -0.1) is 11.3 Å². The highest BCUT2D eigenvalue weighted by Crippen LogP contribution is 2.37. The first-order valence-corrected chi connectivity index (χ1v) is 10.6. The van der Waals surface area contributed by atoms with Crippen molar-refractivity contribution < 1.29 is 13.6 Å². The molecule has 1 N–H and O–H groups in total. The molecule has 2 aliphatic heterocycles. The van der Waals surface area contributed by atoms with E-state index >= 15 is 0 Å². The Morgan fingerprint density at radius 2 is 2.11 bits per heavy atom. The first kappa shape index (κ1) is 19.4. The number of aryl methyl sites for hydroxylation is 3. The SMILES string of the molecule is Cc1cc2n(n1)[C@@H](C(F)F)C[C@@H](C1CCCN(C(=O)c3cc(C)c(C)s3)C1)N2. The third-order valence-electron chi connectivity index (χ3n) is 5.98. The highest BCUT2D eigenvalue weighted by molar-refractivity contribution is 7.14. The van der Waals surface area contributed by atoms with Crippen LogP contribution in [-0.2, 0) is 0 Å². The molecule has 4 heterocycles. The Balaban J connectivity index is 1.51. The molecule has 1 saturated heterocycles. The fourth-order valence-corrected chi connectivity index (χ4v) is 5.37. The molecule has 4 rings (SSSR count). The Labute approximate surface area is 167 Å². The zero-order valence-electron chi connectivity index (χ0n) is 16.4. The number of aromatic nitrogens is 2. The van der Waals surface area contributed by atoms with Gasteiger partial charge in [-0.05, 0) is 57.6 Å². The third-order valence-corrected chi connectivity index (χ3v) is 7.12. The summed E-state index contributed by atoms with van der Waals surface area (Å²) in [5, 5.41) is 7.65. The number of amides is 1. The van der Waals surface area contributed by atoms with Gasteiger partial charge in [-0.2, -0.15) is 5.10 Å². The zero-order valence-corrected chi connectivity index (χ0v) is 17.2. The van der Waals surface area contributed by atoms with E-state index in [1.165, 1.54) is 16.0 Å². The van der Waals surface area contributed by atoms with Crippen molar-refractivity contribution in [3.05, 3.63) is 33.1 Å². The Morgan fingerprint density at radius 3 is 2.79 bits per heavy atom. The number of carbonyl (C=O) groups excluding carboxylic acids is 1. The highest BCUT2D eigenvalue weighted by Gasteiger charge is 2.39. The number of halogens is 2. The molecule has 1 amide bonds. The van der Waals surface area contributed by atoms with Crippen LogP contribution in [0.2, 0.25) is 0 Å². The summed E-state index contributed by atoms with van der Waals surface area (Å²) in [5.74, 6) is 0.880. The van der Waals surface area contributed by atoms with E-state index < -0.39 is 12.5 Å². The van der Waals surface area contributed by atoms with Crippen LogP contribution in [0, 0.1) is 26.7 Å². The predicted octanol–water partition coefficient (Wildman–Crippen LogP) is 4.41. The average molecular weight is 409 g/mol. The van der Waals surface area contributed by atoms with E-state index in [-0.39, 0.29) is 17.9 Å². The van der Waals surface area contributed by atoms with Gasteiger partial charge >= 0.3 is 0 Å². The molecule has 2 aromatic rings. The molecule has 0 aromatic carbocycles. The molecular weight excluding hydrogens is 382 g/mol. The lowest BCUT2D eigenvalue weighted by atomic mass is 9.86. The van der Waals surface area contributed by atoms with Crippen LogP contribution in [0.1, 0.15) is 51.1 Å². The van der Waals surface area contributed by atoms with Crippen LogP contribution in [0.5, 0.6) is 0 Å². The minimum Gasteiger partial charge on any atom is -0.367 e. The third kappa shape index (κ3) is 3.54. The van der Waals surface area contributed by atoms with Crippen molar-refractivity contribution >= 4 is 23.1 Å². The van der Waals surface area contributed by atoms with Crippen molar-refractivity contribution in [2.45, 2.75) is 58.5 Å². The molecule has 1 fully saturated rings. The number of hydrogen-bond acceptors (Lipinski definition) is 4. The number of nitrogens with one attached hydrogen (secondary N) is 1. The number of fused-ring (bicyclic) bond motifs is 1. The van der Waals surface area contributed by atoms with E-state index in [0.29, 0.717) is 18.8 Å². The van der Waals surface area contributed by atoms with Gasteiger partial charge in [-0.25, -0.2) is 13.5 Å². The summed E-state index contributed by atoms with van der Waals surface area (Å²) in [6.07, 6.45) is -0.292. The summed E-state index contributed by atoms with van der Waals surface area (Å²) in [4.78, 5) is 16.8. The van der Waals surface area contributed by atoms with Crippen molar-refractivity contribution in [3.63, 3.8) is 0 Å². The maximum atomic E-state index is 13.7. The number of alkyl halides is 2. The summed E-state index contributed by atoms with van der Waals surface area (Å²) in [6, 6.07) is 2.79. The van der Waals surface area contributed by atoms with Gasteiger partial charge in [0, 0.05) is 30.1 Å². The Morgan fingerprint density at radius 1 is 1.32 bits per heavy atom. The van der Waals surface area contributed by atoms with Gasteiger partial charge in [0.15, 0.2) is 0 Å². The van der Waals surface area contributed by atoms with Gasteiger partial charge in [0.05, 0.1) is 10.6 Å². The van der Waals surface area contributed by atoms with Gasteiger partial charge in [0.25, 0.3) is 12.3 Å². The summed E-state index contributed by atoms with van der Waals surface area (Å²) in [6.45, 7) is 7.19. The number of likely N-dealkylation sites (tertiary alicyclic amines) is 1. The van der Waals surface area contributed by atoms with E-state index in [2.05, 4.69) is 10.4 Å². The summed E-state index contributed by atoms with van der Waals surface area (Å²) in [5.41, 5.74) is 1.87. The molecular formula is C20H26F2N4OS. The van der Waals surface area contributed by atoms with Crippen LogP contribution in [0.25, 0.3) is 0 Å². The standard InChI is InChI=1S/C20H26F2N4OS/c1-11-7-17(28-13(11)3)20(27)25-6-4-5-14(10-25)15-9-16(19(21)22)26-18(23-15)8-12(2)24-26/h7-8,14-16,19,23H,4-6,9-10H2,1-3H3/t14?,15-,16+/m0/s1. The lowest BCUT2D eigenvalue weighted by Crippen LogP contribution is -2.48. The molecule has 2 aromatic heterocycles. The smallest absolute Gasteiger partial charge is 0.263 e. The largest absolute Gasteiger partial charge is 0.367 e. The zero-order chi connectivity index (χ0) is 20.0. The quantitative estimate of drug-likeness (QED) is 0.818. The number of thiophene rings is 1. The normalized spacial score (nSPS) is 24.9. The molecule has 8 heteroatoms. The van der Waals surface area contributed by atoms with E-state index in [1.807, 2.05) is 37.8 Å². The number of carbonyl (C=O) groups is 1. The Kier molecular flexibility index (Phi) is 5.16. The lowest BCUT2D eigenvalue weighted by Gasteiger charge is -2.41. The number of piperidine rings is 1. The number of rotatable bonds is 3. The molecule has 152 valence electrons. The molecule has 2 aliphatic rings. The van der Waals surface area contributed by atoms with Crippen molar-refractivity contribution in [1.82, 2.24) is 14.7 Å². The van der Waals surface area contributed by atoms with Gasteiger partial charge < -0.3 is 10.2 Å². The topological polar surface area (TPSA) is 50.2 Å². The number of hydrogen-bond donors (Lipinski definition) is 1. The molecule has 0 aliphatic carbocycles. The Bertz CT molecular complexity index is 858. The summed E-state index contributed by atoms with van der Waals surface area (Å²) < 4.78 is 28.8. The monoisotopic (exact) mass is 408 g/mol. The van der Waals surface area contributed by atoms with Crippen LogP contribution in [0.15, 0.2) is 12.1 Å². The van der Waals surface area contributed by atoms with Crippen LogP contribution in [-0.4, -0.2) is 46.1 Å². The fourth-order valence-electron chi connectivity index (χ4n) is 4.36. The van der Waals surface area contributed by atoms with Gasteiger partial charge in [0.2, 0.25) is 0 Å². The van der Waals surface area contributed by atoms with Gasteiger partial charge in [0.1, 0.15) is 11.9 Å². The minimum atomic E-state index is -2.46. The van der Waals surface area contributed by atoms with Gasteiger partial charge in [-0.3, -0.25) is 4.79 Å². The van der Waals surface area contributed by atoms with Crippen LogP contribution >= 0.6 is 11.3 Å². The van der Waals surface area contributed by atoms with Gasteiger partial charge in [-0.1, -0.05) is 0 Å². The minimum absolute atomic E-state index is 0.0630. The second-order valence-corrected chi connectivity index (χ2v) is 9.26. The Hall–Kier alpha value is -1.96. The number of anilines is 1. The predicted molar refractivity (Wildman–Crippen MR) is 106 cm³/mol. The molecule has 5 nitrogen and oxygen atoms in total. The first-order chi connectivity index (χ1) is 13.3. The van der Waals surface area contributed by atoms with Crippen LogP contribution < -0.4 is 5.32 Å². The molecule has 0 radical (unpaired) electrons. The van der Waals surface area contributed by atoms with Crippen LogP contribution in [0.4, 0.5) is 14.6 Å². The number of nitrogens with zero attached hydrogens (tertiary/aromatic N) is 3.